The number of furan rings is 1. The quantitative estimate of drug-likeness (QED) is 0.337. The number of nitrogens with zero attached hydrogens (tertiary/aromatic N) is 2. The molecule has 0 aliphatic heterocycles. The van der Waals surface area contributed by atoms with Crippen molar-refractivity contribution in [2.75, 3.05) is 7.11 Å². The van der Waals surface area contributed by atoms with E-state index in [0.717, 1.165) is 16.7 Å². The molecule has 6 rings (SSSR count). The molecule has 6 aromatic rings. The maximum absolute atomic E-state index is 12.9. The first kappa shape index (κ1) is 19.1. The lowest BCUT2D eigenvalue weighted by Crippen LogP contribution is -2.02. The minimum atomic E-state index is -0.159. The molecule has 0 unspecified atom stereocenters. The predicted molar refractivity (Wildman–Crippen MR) is 127 cm³/mol. The normalized spacial score (nSPS) is 11.3. The topological polar surface area (TPSA) is 70.4 Å². The van der Waals surface area contributed by atoms with Gasteiger partial charge in [0.05, 0.1) is 29.9 Å². The Morgan fingerprint density at radius 3 is 2.42 bits per heavy atom. The number of para-hydroxylation sites is 2. The maximum Gasteiger partial charge on any atom is 0.193 e. The van der Waals surface area contributed by atoms with Crippen molar-refractivity contribution in [3.63, 3.8) is 0 Å². The lowest BCUT2D eigenvalue weighted by atomic mass is 10.1. The minimum absolute atomic E-state index is 0.159. The van der Waals surface area contributed by atoms with Gasteiger partial charge in [-0.05, 0) is 42.5 Å². The number of hydrogen-bond donors (Lipinski definition) is 0. The zero-order valence-corrected chi connectivity index (χ0v) is 17.7. The molecule has 3 aromatic heterocycles. The summed E-state index contributed by atoms with van der Waals surface area (Å²) in [6, 6.07) is 26.2. The summed E-state index contributed by atoms with van der Waals surface area (Å²) in [6.07, 6.45) is 1.70. The smallest absolute Gasteiger partial charge is 0.193 e. The molecule has 0 bridgehead atoms. The van der Waals surface area contributed by atoms with Crippen LogP contribution in [0, 0.1) is 0 Å². The molecule has 160 valence electrons. The summed E-state index contributed by atoms with van der Waals surface area (Å²) < 4.78 is 19.4. The molecule has 33 heavy (non-hydrogen) atoms. The highest BCUT2D eigenvalue weighted by Gasteiger charge is 2.22. The third-order valence-electron chi connectivity index (χ3n) is 5.63. The molecular formula is C27H18N2O4. The first-order valence-corrected chi connectivity index (χ1v) is 10.5. The summed E-state index contributed by atoms with van der Waals surface area (Å²) in [7, 11) is 1.56. The molecule has 0 aliphatic carbocycles. The molecule has 0 N–H and O–H groups in total. The second-order valence-corrected chi connectivity index (χ2v) is 7.64. The Bertz CT molecular complexity index is 1640. The summed E-state index contributed by atoms with van der Waals surface area (Å²) >= 11 is 0. The summed E-state index contributed by atoms with van der Waals surface area (Å²) in [4.78, 5) is 12.9. The van der Waals surface area contributed by atoms with Crippen LogP contribution in [0.4, 0.5) is 0 Å². The molecular weight excluding hydrogens is 416 g/mol. The molecule has 0 amide bonds. The molecule has 3 aromatic carbocycles. The second-order valence-electron chi connectivity index (χ2n) is 7.64. The van der Waals surface area contributed by atoms with Crippen molar-refractivity contribution in [3.05, 3.63) is 101 Å². The number of benzene rings is 3. The Balaban J connectivity index is 1.61. The average Bonchev–Trinajstić information content (AvgIpc) is 3.48. The highest BCUT2D eigenvalue weighted by Crippen LogP contribution is 2.37. The van der Waals surface area contributed by atoms with E-state index in [1.54, 1.807) is 36.2 Å². The molecule has 6 heteroatoms. The monoisotopic (exact) mass is 434 g/mol. The van der Waals surface area contributed by atoms with E-state index in [1.807, 2.05) is 60.7 Å². The molecule has 0 radical (unpaired) electrons. The lowest BCUT2D eigenvalue weighted by Gasteiger charge is -2.08. The Kier molecular flexibility index (Phi) is 4.36. The fraction of sp³-hybridized carbons (Fsp3) is 0.0370. The Labute approximate surface area is 188 Å². The first-order chi connectivity index (χ1) is 16.2. The molecule has 3 heterocycles. The van der Waals surface area contributed by atoms with Crippen LogP contribution < -0.4 is 10.2 Å². The van der Waals surface area contributed by atoms with Crippen molar-refractivity contribution < 1.29 is 13.6 Å². The van der Waals surface area contributed by atoms with E-state index in [4.69, 9.17) is 13.6 Å². The van der Waals surface area contributed by atoms with Gasteiger partial charge in [-0.3, -0.25) is 4.79 Å². The molecule has 0 atom stereocenters. The van der Waals surface area contributed by atoms with E-state index in [2.05, 4.69) is 5.10 Å². The van der Waals surface area contributed by atoms with Gasteiger partial charge in [0, 0.05) is 11.5 Å². The van der Waals surface area contributed by atoms with Gasteiger partial charge < -0.3 is 13.6 Å². The molecule has 0 saturated heterocycles. The lowest BCUT2D eigenvalue weighted by molar-refractivity contribution is 0.415. The fourth-order valence-corrected chi connectivity index (χ4v) is 4.02. The fourth-order valence-electron chi connectivity index (χ4n) is 4.02. The van der Waals surface area contributed by atoms with Gasteiger partial charge in [0.15, 0.2) is 11.2 Å². The highest BCUT2D eigenvalue weighted by molar-refractivity contribution is 5.87. The van der Waals surface area contributed by atoms with Gasteiger partial charge in [-0.25, -0.2) is 4.68 Å². The standard InChI is InChI=1S/C27H18N2O4/c1-31-19-11-12-24-20(14-19)22(30)15-25(33-24)21-16-28-29(18-8-3-2-4-9-18)27(21)26-13-17-7-5-6-10-23(17)32-26/h2-16H,1H3. The van der Waals surface area contributed by atoms with Gasteiger partial charge >= 0.3 is 0 Å². The van der Waals surface area contributed by atoms with Crippen LogP contribution in [0.5, 0.6) is 5.75 Å². The zero-order valence-electron chi connectivity index (χ0n) is 17.7. The number of rotatable bonds is 4. The number of hydrogen-bond acceptors (Lipinski definition) is 5. The van der Waals surface area contributed by atoms with Gasteiger partial charge in [-0.15, -0.1) is 0 Å². The first-order valence-electron chi connectivity index (χ1n) is 10.5. The number of aromatic nitrogens is 2. The van der Waals surface area contributed by atoms with Gasteiger partial charge in [-0.2, -0.15) is 5.10 Å². The Morgan fingerprint density at radius 2 is 1.61 bits per heavy atom. The summed E-state index contributed by atoms with van der Waals surface area (Å²) in [5.74, 6) is 1.64. The van der Waals surface area contributed by atoms with Crippen LogP contribution in [0.1, 0.15) is 0 Å². The van der Waals surface area contributed by atoms with Crippen molar-refractivity contribution in [1.29, 1.82) is 0 Å². The molecule has 0 spiro atoms. The molecule has 0 saturated carbocycles. The summed E-state index contributed by atoms with van der Waals surface area (Å²) in [5, 5.41) is 6.06. The van der Waals surface area contributed by atoms with Crippen molar-refractivity contribution >= 4 is 21.9 Å². The SMILES string of the molecule is COc1ccc2oc(-c3cnn(-c4ccccc4)c3-c3cc4ccccc4o3)cc(=O)c2c1. The van der Waals surface area contributed by atoms with Crippen molar-refractivity contribution in [2.45, 2.75) is 0 Å². The molecule has 6 nitrogen and oxygen atoms in total. The van der Waals surface area contributed by atoms with E-state index in [9.17, 15) is 4.79 Å². The van der Waals surface area contributed by atoms with Crippen molar-refractivity contribution in [2.24, 2.45) is 0 Å². The predicted octanol–water partition coefficient (Wildman–Crippen LogP) is 6.07. The third-order valence-corrected chi connectivity index (χ3v) is 5.63. The Morgan fingerprint density at radius 1 is 0.818 bits per heavy atom. The number of fused-ring (bicyclic) bond motifs is 2. The highest BCUT2D eigenvalue weighted by atomic mass is 16.5. The van der Waals surface area contributed by atoms with Crippen LogP contribution >= 0.6 is 0 Å². The van der Waals surface area contributed by atoms with Crippen LogP contribution in [0.15, 0.2) is 105 Å². The summed E-state index contributed by atoms with van der Waals surface area (Å²) in [5.41, 5.74) is 3.31. The van der Waals surface area contributed by atoms with E-state index >= 15 is 0 Å². The van der Waals surface area contributed by atoms with Crippen LogP contribution in [-0.4, -0.2) is 16.9 Å². The Hall–Kier alpha value is -4.58. The van der Waals surface area contributed by atoms with Gasteiger partial charge in [0.25, 0.3) is 0 Å². The van der Waals surface area contributed by atoms with Crippen LogP contribution in [-0.2, 0) is 0 Å². The van der Waals surface area contributed by atoms with E-state index < -0.39 is 0 Å². The van der Waals surface area contributed by atoms with E-state index in [0.29, 0.717) is 39.5 Å². The zero-order chi connectivity index (χ0) is 22.4. The molecule has 0 fully saturated rings. The van der Waals surface area contributed by atoms with Crippen LogP contribution in [0.25, 0.3) is 50.4 Å². The minimum Gasteiger partial charge on any atom is -0.497 e. The third kappa shape index (κ3) is 3.20. The van der Waals surface area contributed by atoms with E-state index in [1.165, 1.54) is 6.07 Å². The number of methoxy groups -OCH3 is 1. The number of ether oxygens (including phenoxy) is 1. The van der Waals surface area contributed by atoms with Gasteiger partial charge in [0.2, 0.25) is 0 Å². The second kappa shape index (κ2) is 7.53. The van der Waals surface area contributed by atoms with Crippen LogP contribution in [0.2, 0.25) is 0 Å². The van der Waals surface area contributed by atoms with Gasteiger partial charge in [-0.1, -0.05) is 36.4 Å². The van der Waals surface area contributed by atoms with E-state index in [-0.39, 0.29) is 5.43 Å². The van der Waals surface area contributed by atoms with Crippen molar-refractivity contribution in [3.8, 4) is 34.2 Å². The van der Waals surface area contributed by atoms with Crippen LogP contribution in [0.3, 0.4) is 0 Å². The molecule has 0 aliphatic rings. The maximum atomic E-state index is 12.9. The van der Waals surface area contributed by atoms with Crippen molar-refractivity contribution in [1.82, 2.24) is 9.78 Å². The largest absolute Gasteiger partial charge is 0.497 e. The van der Waals surface area contributed by atoms with Gasteiger partial charge in [0.1, 0.15) is 28.4 Å². The summed E-state index contributed by atoms with van der Waals surface area (Å²) in [6.45, 7) is 0. The average molecular weight is 434 g/mol.